The molecular formula is C24H37N5OS. The van der Waals surface area contributed by atoms with Crippen LogP contribution in [0.5, 0.6) is 0 Å². The van der Waals surface area contributed by atoms with Crippen LogP contribution in [0.15, 0.2) is 23.4 Å². The van der Waals surface area contributed by atoms with Crippen LogP contribution in [-0.4, -0.2) is 69.8 Å². The quantitative estimate of drug-likeness (QED) is 0.706. The third-order valence-electron chi connectivity index (χ3n) is 6.19. The molecule has 2 aromatic rings. The van der Waals surface area contributed by atoms with Gasteiger partial charge in [-0.05, 0) is 34.1 Å². The Morgan fingerprint density at radius 2 is 1.48 bits per heavy atom. The Morgan fingerprint density at radius 3 is 2.10 bits per heavy atom. The molecule has 170 valence electrons. The molecule has 1 aromatic carbocycles. The monoisotopic (exact) mass is 443 g/mol. The summed E-state index contributed by atoms with van der Waals surface area (Å²) in [4.78, 5) is 5.00. The Morgan fingerprint density at radius 1 is 0.871 bits per heavy atom. The van der Waals surface area contributed by atoms with Gasteiger partial charge < -0.3 is 4.74 Å². The Kier molecular flexibility index (Phi) is 6.50. The van der Waals surface area contributed by atoms with Crippen LogP contribution in [0.25, 0.3) is 11.4 Å². The maximum absolute atomic E-state index is 5.48. The number of morpholine rings is 1. The van der Waals surface area contributed by atoms with Gasteiger partial charge in [-0.3, -0.25) is 14.4 Å². The summed E-state index contributed by atoms with van der Waals surface area (Å²) in [7, 11) is 0. The normalized spacial score (nSPS) is 18.9. The first-order valence-corrected chi connectivity index (χ1v) is 12.3. The Labute approximate surface area is 191 Å². The van der Waals surface area contributed by atoms with Crippen LogP contribution in [0.3, 0.4) is 0 Å². The lowest BCUT2D eigenvalue weighted by atomic mass is 9.79. The standard InChI is InChI=1S/C24H37N5OS/c1-23(2,3)19-13-18(14-20(15-19)24(4,5)6)21-25-26-22-29(21)16-28(17-31-22)8-7-27-9-11-30-12-10-27/h13-15H,7-12,16-17H2,1-6H3. The molecule has 0 atom stereocenters. The predicted molar refractivity (Wildman–Crippen MR) is 128 cm³/mol. The minimum absolute atomic E-state index is 0.0830. The molecule has 0 aliphatic carbocycles. The summed E-state index contributed by atoms with van der Waals surface area (Å²) in [5.41, 5.74) is 4.03. The van der Waals surface area contributed by atoms with Gasteiger partial charge in [-0.2, -0.15) is 0 Å². The summed E-state index contributed by atoms with van der Waals surface area (Å²) >= 11 is 1.79. The summed E-state index contributed by atoms with van der Waals surface area (Å²) < 4.78 is 7.77. The number of fused-ring (bicyclic) bond motifs is 1. The number of thioether (sulfide) groups is 1. The van der Waals surface area contributed by atoms with Gasteiger partial charge in [0.05, 0.1) is 25.8 Å². The number of rotatable bonds is 4. The summed E-state index contributed by atoms with van der Waals surface area (Å²) in [5, 5.41) is 10.2. The smallest absolute Gasteiger partial charge is 0.193 e. The van der Waals surface area contributed by atoms with Gasteiger partial charge in [0.25, 0.3) is 0 Å². The minimum atomic E-state index is 0.0830. The molecule has 3 heterocycles. The van der Waals surface area contributed by atoms with Crippen molar-refractivity contribution in [3.05, 3.63) is 29.3 Å². The fraction of sp³-hybridized carbons (Fsp3) is 0.667. The molecule has 0 saturated carbocycles. The highest BCUT2D eigenvalue weighted by atomic mass is 32.2. The number of aromatic nitrogens is 3. The molecule has 2 aliphatic rings. The zero-order valence-corrected chi connectivity index (χ0v) is 20.8. The van der Waals surface area contributed by atoms with E-state index in [1.807, 2.05) is 0 Å². The summed E-state index contributed by atoms with van der Waals surface area (Å²) in [6.07, 6.45) is 0. The lowest BCUT2D eigenvalue weighted by Crippen LogP contribution is -2.42. The van der Waals surface area contributed by atoms with Crippen LogP contribution in [-0.2, 0) is 22.2 Å². The van der Waals surface area contributed by atoms with Crippen molar-refractivity contribution in [1.82, 2.24) is 24.6 Å². The second-order valence-corrected chi connectivity index (χ2v) is 11.7. The molecule has 2 aliphatic heterocycles. The van der Waals surface area contributed by atoms with Crippen molar-refractivity contribution < 1.29 is 4.74 Å². The van der Waals surface area contributed by atoms with Crippen molar-refractivity contribution in [3.8, 4) is 11.4 Å². The third kappa shape index (κ3) is 5.33. The molecule has 0 N–H and O–H groups in total. The van der Waals surface area contributed by atoms with Gasteiger partial charge >= 0.3 is 0 Å². The molecule has 0 bridgehead atoms. The predicted octanol–water partition coefficient (Wildman–Crippen LogP) is 4.20. The summed E-state index contributed by atoms with van der Waals surface area (Å²) in [6, 6.07) is 6.98. The highest BCUT2D eigenvalue weighted by Crippen LogP contribution is 2.35. The highest BCUT2D eigenvalue weighted by molar-refractivity contribution is 7.99. The van der Waals surface area contributed by atoms with Crippen molar-refractivity contribution >= 4 is 11.8 Å². The van der Waals surface area contributed by atoms with Gasteiger partial charge in [0.2, 0.25) is 0 Å². The van der Waals surface area contributed by atoms with Gasteiger partial charge in [0.15, 0.2) is 11.0 Å². The molecule has 31 heavy (non-hydrogen) atoms. The largest absolute Gasteiger partial charge is 0.379 e. The SMILES string of the molecule is CC(C)(C)c1cc(-c2nnc3n2CN(CCN2CCOCC2)CS3)cc(C(C)(C)C)c1. The number of hydrogen-bond acceptors (Lipinski definition) is 6. The molecule has 0 radical (unpaired) electrons. The van der Waals surface area contributed by atoms with E-state index in [-0.39, 0.29) is 10.8 Å². The number of ether oxygens (including phenoxy) is 1. The maximum Gasteiger partial charge on any atom is 0.193 e. The molecular weight excluding hydrogens is 406 g/mol. The second-order valence-electron chi connectivity index (χ2n) is 10.8. The van der Waals surface area contributed by atoms with Crippen molar-refractivity contribution in [3.63, 3.8) is 0 Å². The third-order valence-corrected chi connectivity index (χ3v) is 7.25. The van der Waals surface area contributed by atoms with Crippen LogP contribution in [0, 0.1) is 0 Å². The summed E-state index contributed by atoms with van der Waals surface area (Å²) in [5.74, 6) is 1.95. The molecule has 7 heteroatoms. The number of benzene rings is 1. The van der Waals surface area contributed by atoms with E-state index in [1.54, 1.807) is 11.8 Å². The first-order valence-electron chi connectivity index (χ1n) is 11.4. The van der Waals surface area contributed by atoms with E-state index in [9.17, 15) is 0 Å². The van der Waals surface area contributed by atoms with Gasteiger partial charge in [-0.15, -0.1) is 10.2 Å². The van der Waals surface area contributed by atoms with E-state index in [0.717, 1.165) is 62.9 Å². The van der Waals surface area contributed by atoms with Crippen molar-refractivity contribution in [2.45, 2.75) is 64.2 Å². The van der Waals surface area contributed by atoms with Gasteiger partial charge in [-0.1, -0.05) is 59.4 Å². The zero-order valence-electron chi connectivity index (χ0n) is 19.9. The van der Waals surface area contributed by atoms with Crippen molar-refractivity contribution in [2.24, 2.45) is 0 Å². The van der Waals surface area contributed by atoms with Crippen LogP contribution in [0.2, 0.25) is 0 Å². The molecule has 1 fully saturated rings. The zero-order chi connectivity index (χ0) is 22.2. The van der Waals surface area contributed by atoms with E-state index in [2.05, 4.69) is 84.3 Å². The second kappa shape index (κ2) is 8.85. The van der Waals surface area contributed by atoms with Gasteiger partial charge in [-0.25, -0.2) is 0 Å². The molecule has 1 saturated heterocycles. The van der Waals surface area contributed by atoms with Crippen LogP contribution in [0.4, 0.5) is 0 Å². The molecule has 0 spiro atoms. The minimum Gasteiger partial charge on any atom is -0.379 e. The van der Waals surface area contributed by atoms with E-state index >= 15 is 0 Å². The fourth-order valence-corrected chi connectivity index (χ4v) is 4.90. The fourth-order valence-electron chi connectivity index (χ4n) is 3.99. The highest BCUT2D eigenvalue weighted by Gasteiger charge is 2.26. The van der Waals surface area contributed by atoms with Crippen LogP contribution in [0.1, 0.15) is 52.7 Å². The number of hydrogen-bond donors (Lipinski definition) is 0. The average molecular weight is 444 g/mol. The van der Waals surface area contributed by atoms with E-state index in [1.165, 1.54) is 16.7 Å². The maximum atomic E-state index is 5.48. The Hall–Kier alpha value is -1.41. The molecule has 1 aromatic heterocycles. The number of nitrogens with zero attached hydrogens (tertiary/aromatic N) is 5. The van der Waals surface area contributed by atoms with Gasteiger partial charge in [0, 0.05) is 31.7 Å². The molecule has 0 unspecified atom stereocenters. The van der Waals surface area contributed by atoms with E-state index in [0.29, 0.717) is 0 Å². The lowest BCUT2D eigenvalue weighted by molar-refractivity contribution is 0.0325. The Balaban J connectivity index is 1.59. The van der Waals surface area contributed by atoms with Crippen molar-refractivity contribution in [2.75, 3.05) is 45.3 Å². The van der Waals surface area contributed by atoms with Crippen LogP contribution < -0.4 is 0 Å². The topological polar surface area (TPSA) is 46.4 Å². The summed E-state index contributed by atoms with van der Waals surface area (Å²) in [6.45, 7) is 20.5. The van der Waals surface area contributed by atoms with Crippen molar-refractivity contribution in [1.29, 1.82) is 0 Å². The average Bonchev–Trinajstić information content (AvgIpc) is 3.15. The molecule has 0 amide bonds. The van der Waals surface area contributed by atoms with E-state index in [4.69, 9.17) is 4.74 Å². The first kappa shape index (κ1) is 22.8. The van der Waals surface area contributed by atoms with E-state index < -0.39 is 0 Å². The molecule has 6 nitrogen and oxygen atoms in total. The Bertz CT molecular complexity index is 873. The van der Waals surface area contributed by atoms with Gasteiger partial charge in [0.1, 0.15) is 0 Å². The first-order chi connectivity index (χ1) is 14.6. The molecule has 4 rings (SSSR count). The van der Waals surface area contributed by atoms with Crippen LogP contribution >= 0.6 is 11.8 Å². The lowest BCUT2D eigenvalue weighted by Gasteiger charge is -2.32.